The van der Waals surface area contributed by atoms with Gasteiger partial charge in [-0.1, -0.05) is 36.3 Å². The molecule has 134 valence electrons. The van der Waals surface area contributed by atoms with E-state index in [9.17, 15) is 9.90 Å². The molecular weight excluding hydrogens is 332 g/mol. The van der Waals surface area contributed by atoms with Gasteiger partial charge in [0.2, 0.25) is 0 Å². The lowest BCUT2D eigenvalue weighted by Crippen LogP contribution is -2.36. The molecule has 0 unspecified atom stereocenters. The van der Waals surface area contributed by atoms with Gasteiger partial charge in [0.05, 0.1) is 5.92 Å². The molecule has 4 rings (SSSR count). The molecule has 0 radical (unpaired) electrons. The van der Waals surface area contributed by atoms with Crippen molar-refractivity contribution < 1.29 is 14.4 Å². The number of carbonyl (C=O) groups is 1. The first-order chi connectivity index (χ1) is 12.7. The molecule has 0 atom stereocenters. The average molecular weight is 352 g/mol. The minimum absolute atomic E-state index is 0.285. The first-order valence-corrected chi connectivity index (χ1v) is 8.84. The largest absolute Gasteiger partial charge is 0.481 e. The first kappa shape index (κ1) is 16.5. The van der Waals surface area contributed by atoms with Gasteiger partial charge in [0.25, 0.3) is 5.71 Å². The van der Waals surface area contributed by atoms with Gasteiger partial charge in [-0.3, -0.25) is 4.79 Å². The number of carboxylic acids is 1. The molecule has 3 heterocycles. The molecule has 1 aliphatic heterocycles. The lowest BCUT2D eigenvalue weighted by atomic mass is 9.97. The monoisotopic (exact) mass is 352 g/mol. The number of anilines is 1. The quantitative estimate of drug-likeness (QED) is 0.771. The molecule has 0 bridgehead atoms. The van der Waals surface area contributed by atoms with Crippen molar-refractivity contribution in [2.45, 2.75) is 26.2 Å². The number of benzene rings is 1. The number of aliphatic carboxylic acids is 1. The predicted molar refractivity (Wildman–Crippen MR) is 97.0 cm³/mol. The highest BCUT2D eigenvalue weighted by Gasteiger charge is 2.28. The van der Waals surface area contributed by atoms with Crippen LogP contribution in [0, 0.1) is 5.92 Å². The Kier molecular flexibility index (Phi) is 4.28. The maximum Gasteiger partial charge on any atom is 0.306 e. The van der Waals surface area contributed by atoms with E-state index in [4.69, 9.17) is 4.52 Å². The maximum atomic E-state index is 11.2. The van der Waals surface area contributed by atoms with E-state index in [-0.39, 0.29) is 5.92 Å². The summed E-state index contributed by atoms with van der Waals surface area (Å²) in [6, 6.07) is 8.22. The Morgan fingerprint density at radius 2 is 1.96 bits per heavy atom. The van der Waals surface area contributed by atoms with Crippen molar-refractivity contribution in [3.63, 3.8) is 0 Å². The first-order valence-electron chi connectivity index (χ1n) is 8.84. The number of aryl methyl sites for hydroxylation is 1. The Labute approximate surface area is 150 Å². The number of aromatic nitrogens is 3. The molecule has 1 fully saturated rings. The Balaban J connectivity index is 1.72. The van der Waals surface area contributed by atoms with Gasteiger partial charge in [-0.05, 0) is 24.8 Å². The molecule has 7 nitrogen and oxygen atoms in total. The van der Waals surface area contributed by atoms with E-state index in [1.54, 1.807) is 0 Å². The van der Waals surface area contributed by atoms with Gasteiger partial charge in [-0.15, -0.1) is 0 Å². The van der Waals surface area contributed by atoms with E-state index < -0.39 is 5.97 Å². The number of nitrogens with zero attached hydrogens (tertiary/aromatic N) is 4. The summed E-state index contributed by atoms with van der Waals surface area (Å²) < 4.78 is 5.43. The summed E-state index contributed by atoms with van der Waals surface area (Å²) in [5.41, 5.74) is 3.38. The minimum Gasteiger partial charge on any atom is -0.481 e. The molecule has 0 spiro atoms. The van der Waals surface area contributed by atoms with Crippen LogP contribution in [0.1, 0.15) is 25.3 Å². The van der Waals surface area contributed by atoms with E-state index in [0.717, 1.165) is 28.9 Å². The number of hydrogen-bond acceptors (Lipinski definition) is 6. The van der Waals surface area contributed by atoms with E-state index in [1.807, 2.05) is 12.1 Å². The molecule has 1 saturated heterocycles. The zero-order valence-corrected chi connectivity index (χ0v) is 14.6. The molecule has 1 N–H and O–H groups in total. The highest BCUT2D eigenvalue weighted by atomic mass is 16.5. The van der Waals surface area contributed by atoms with Crippen LogP contribution in [0.3, 0.4) is 0 Å². The fraction of sp³-hybridized carbons (Fsp3) is 0.368. The van der Waals surface area contributed by atoms with Crippen LogP contribution < -0.4 is 4.90 Å². The third kappa shape index (κ3) is 2.89. The SMILES string of the molecule is CCc1ccc(-c2noc3ncnc(N4CCC(C(=O)O)CC4)c23)cc1. The van der Waals surface area contributed by atoms with Crippen LogP contribution in [0.15, 0.2) is 35.1 Å². The summed E-state index contributed by atoms with van der Waals surface area (Å²) in [7, 11) is 0. The van der Waals surface area contributed by atoms with E-state index in [2.05, 4.69) is 39.1 Å². The van der Waals surface area contributed by atoms with Crippen molar-refractivity contribution in [3.8, 4) is 11.3 Å². The van der Waals surface area contributed by atoms with Crippen molar-refractivity contribution in [1.82, 2.24) is 15.1 Å². The molecule has 1 aliphatic rings. The molecule has 26 heavy (non-hydrogen) atoms. The molecule has 0 saturated carbocycles. The van der Waals surface area contributed by atoms with Crippen LogP contribution in [-0.2, 0) is 11.2 Å². The average Bonchev–Trinajstić information content (AvgIpc) is 3.12. The van der Waals surface area contributed by atoms with Gasteiger partial charge >= 0.3 is 5.97 Å². The summed E-state index contributed by atoms with van der Waals surface area (Å²) in [5, 5.41) is 14.2. The van der Waals surface area contributed by atoms with E-state index in [0.29, 0.717) is 31.6 Å². The molecular formula is C19H20N4O3. The van der Waals surface area contributed by atoms with Gasteiger partial charge in [0.1, 0.15) is 23.2 Å². The maximum absolute atomic E-state index is 11.2. The van der Waals surface area contributed by atoms with E-state index >= 15 is 0 Å². The summed E-state index contributed by atoms with van der Waals surface area (Å²) >= 11 is 0. The molecule has 0 amide bonds. The number of fused-ring (bicyclic) bond motifs is 1. The highest BCUT2D eigenvalue weighted by Crippen LogP contribution is 2.34. The van der Waals surface area contributed by atoms with Crippen LogP contribution in [0.4, 0.5) is 5.82 Å². The lowest BCUT2D eigenvalue weighted by molar-refractivity contribution is -0.142. The van der Waals surface area contributed by atoms with Crippen molar-refractivity contribution in [1.29, 1.82) is 0 Å². The van der Waals surface area contributed by atoms with Gasteiger partial charge in [0, 0.05) is 18.7 Å². The molecule has 2 aromatic heterocycles. The summed E-state index contributed by atoms with van der Waals surface area (Å²) in [6.07, 6.45) is 3.65. The van der Waals surface area contributed by atoms with Crippen molar-refractivity contribution >= 4 is 22.9 Å². The van der Waals surface area contributed by atoms with Crippen molar-refractivity contribution in [2.75, 3.05) is 18.0 Å². The van der Waals surface area contributed by atoms with Crippen LogP contribution in [0.5, 0.6) is 0 Å². The fourth-order valence-corrected chi connectivity index (χ4v) is 3.45. The number of rotatable bonds is 4. The second-order valence-corrected chi connectivity index (χ2v) is 6.56. The number of hydrogen-bond donors (Lipinski definition) is 1. The zero-order valence-electron chi connectivity index (χ0n) is 14.6. The Bertz CT molecular complexity index is 928. The number of carboxylic acid groups (broad SMARTS) is 1. The Morgan fingerprint density at radius 1 is 1.23 bits per heavy atom. The molecule has 1 aromatic carbocycles. The van der Waals surface area contributed by atoms with Crippen LogP contribution in [0.2, 0.25) is 0 Å². The van der Waals surface area contributed by atoms with Crippen LogP contribution in [-0.4, -0.2) is 39.3 Å². The van der Waals surface area contributed by atoms with Gasteiger partial charge < -0.3 is 14.5 Å². The van der Waals surface area contributed by atoms with Crippen LogP contribution >= 0.6 is 0 Å². The predicted octanol–water partition coefficient (Wildman–Crippen LogP) is 3.15. The van der Waals surface area contributed by atoms with Crippen LogP contribution in [0.25, 0.3) is 22.4 Å². The molecule has 3 aromatic rings. The smallest absolute Gasteiger partial charge is 0.306 e. The summed E-state index contributed by atoms with van der Waals surface area (Å²) in [6.45, 7) is 3.40. The third-order valence-electron chi connectivity index (χ3n) is 5.03. The summed E-state index contributed by atoms with van der Waals surface area (Å²) in [4.78, 5) is 22.0. The van der Waals surface area contributed by atoms with Crippen molar-refractivity contribution in [3.05, 3.63) is 36.2 Å². The minimum atomic E-state index is -0.723. The van der Waals surface area contributed by atoms with Gasteiger partial charge in [0.15, 0.2) is 0 Å². The Morgan fingerprint density at radius 3 is 2.62 bits per heavy atom. The van der Waals surface area contributed by atoms with Gasteiger partial charge in [-0.25, -0.2) is 4.98 Å². The number of piperidine rings is 1. The highest BCUT2D eigenvalue weighted by molar-refractivity contribution is 5.98. The Hall–Kier alpha value is -2.96. The summed E-state index contributed by atoms with van der Waals surface area (Å²) in [5.74, 6) is -0.249. The normalized spacial score (nSPS) is 15.5. The fourth-order valence-electron chi connectivity index (χ4n) is 3.45. The van der Waals surface area contributed by atoms with Gasteiger partial charge in [-0.2, -0.15) is 4.98 Å². The second kappa shape index (κ2) is 6.74. The molecule has 7 heteroatoms. The second-order valence-electron chi connectivity index (χ2n) is 6.56. The molecule has 0 aliphatic carbocycles. The topological polar surface area (TPSA) is 92.4 Å². The lowest BCUT2D eigenvalue weighted by Gasteiger charge is -2.31. The zero-order chi connectivity index (χ0) is 18.1. The van der Waals surface area contributed by atoms with E-state index in [1.165, 1.54) is 11.9 Å². The van der Waals surface area contributed by atoms with Crippen molar-refractivity contribution in [2.24, 2.45) is 5.92 Å². The third-order valence-corrected chi connectivity index (χ3v) is 5.03. The standard InChI is InChI=1S/C19H20N4O3/c1-2-12-3-5-13(6-4-12)16-15-17(20-11-21-18(15)26-22-16)23-9-7-14(8-10-23)19(24)25/h3-6,11,14H,2,7-10H2,1H3,(H,24,25).